The second-order valence-electron chi connectivity index (χ2n) is 14.6. The molecule has 0 spiro atoms. The first kappa shape index (κ1) is 67.8. The van der Waals surface area contributed by atoms with Gasteiger partial charge in [0.25, 0.3) is 6.47 Å². The van der Waals surface area contributed by atoms with E-state index in [0.29, 0.717) is 0 Å². The number of carbonyl (C=O) groups is 1. The van der Waals surface area contributed by atoms with Crippen molar-refractivity contribution in [2.24, 2.45) is 21.5 Å². The molecule has 0 saturated heterocycles. The number of aliphatic hydroxyl groups excluding tert-OH is 1. The first-order valence-electron chi connectivity index (χ1n) is 19.7. The van der Waals surface area contributed by atoms with Gasteiger partial charge in [-0.25, -0.2) is 81.7 Å². The number of hydrogen-bond donors (Lipinski definition) is 3. The summed E-state index contributed by atoms with van der Waals surface area (Å²) in [6.45, 7) is 5.84. The Morgan fingerprint density at radius 1 is 0.781 bits per heavy atom. The van der Waals surface area contributed by atoms with Gasteiger partial charge < -0.3 is 32.9 Å². The maximum atomic E-state index is 14.7. The summed E-state index contributed by atoms with van der Waals surface area (Å²) in [6, 6.07) is 3.76. The van der Waals surface area contributed by atoms with Gasteiger partial charge in [-0.15, -0.1) is 11.8 Å². The van der Waals surface area contributed by atoms with Crippen molar-refractivity contribution in [2.45, 2.75) is 38.8 Å². The molecule has 0 radical (unpaired) electrons. The standard InChI is InChI=1S/C21H20F3N5O3S.C17H15ClF3N5O2S.C4H6O.CH2O3.2Cs.H/c1-4-5-6-32-18-11-26-17(10-27-18)15(22)8-13-7-14(19(24)16(23)9-13)21(2)12-33(30,31)29(3)20(25)28-21;1-17(8-29(27,28)26(2)16(22)25-17)10-3-9(5-12(20)15(10)21)4-11(19)13-6-24-14(18)7-23-13;1-2-3-4-5;2-1-4-3;;;/h7-11H,6,12H2,1-3H3,(H2,25,28);3-7H,8H2,1-2H3,(H2,22,25);5H,4H2,1H3;1,3H;;;/q;;;;2*+1;-1/p-1/b15-8-;11-4-;;;;;/t21-;17-;;;;;/m00...../s1. The van der Waals surface area contributed by atoms with Gasteiger partial charge in [0.05, 0.1) is 36.3 Å². The van der Waals surface area contributed by atoms with E-state index in [0.717, 1.165) is 63.6 Å². The summed E-state index contributed by atoms with van der Waals surface area (Å²) in [6.07, 6.45) is 6.33. The van der Waals surface area contributed by atoms with Gasteiger partial charge >= 0.3 is 138 Å². The molecular weight excluding hydrogens is 1280 g/mol. The number of aliphatic imine (C=N–C) groups is 2. The van der Waals surface area contributed by atoms with Gasteiger partial charge in [0.15, 0.2) is 41.5 Å². The average molecular weight is 1320 g/mol. The normalized spacial score (nSPS) is 18.3. The summed E-state index contributed by atoms with van der Waals surface area (Å²) in [4.78, 5) is 34.6. The average Bonchev–Trinajstić information content (AvgIpc) is 3.30. The van der Waals surface area contributed by atoms with Crippen LogP contribution < -0.4 is 159 Å². The van der Waals surface area contributed by atoms with Crippen molar-refractivity contribution in [3.8, 4) is 29.6 Å². The van der Waals surface area contributed by atoms with Crippen LogP contribution in [0.25, 0.3) is 23.8 Å². The van der Waals surface area contributed by atoms with Gasteiger partial charge in [0.1, 0.15) is 34.2 Å². The first-order chi connectivity index (χ1) is 33.2. The van der Waals surface area contributed by atoms with Crippen LogP contribution in [-0.4, -0.2) is 108 Å². The molecule has 0 aliphatic carbocycles. The zero-order valence-electron chi connectivity index (χ0n) is 41.1. The number of carbonyl (C=O) groups excluding carboxylic acids is 1. The number of aromatic nitrogens is 4. The molecule has 6 rings (SSSR count). The fraction of sp³-hybridized carbons (Fsp3) is 0.279. The Bertz CT molecular complexity index is 3100. The Kier molecular flexibility index (Phi) is 28.4. The minimum atomic E-state index is -3.93. The molecule has 4 heterocycles. The van der Waals surface area contributed by atoms with E-state index >= 15 is 0 Å². The molecule has 0 unspecified atom stereocenters. The Hall–Kier alpha value is -3.20. The van der Waals surface area contributed by atoms with Crippen LogP contribution in [0.1, 0.15) is 62.8 Å². The minimum Gasteiger partial charge on any atom is -1.00 e. The molecule has 2 aromatic heterocycles. The summed E-state index contributed by atoms with van der Waals surface area (Å²) >= 11 is 5.60. The molecule has 30 heteroatoms. The third-order valence-electron chi connectivity index (χ3n) is 9.48. The Morgan fingerprint density at radius 3 is 1.51 bits per heavy atom. The number of nitrogens with two attached hydrogens (primary N) is 2. The van der Waals surface area contributed by atoms with Crippen molar-refractivity contribution in [1.29, 1.82) is 0 Å². The van der Waals surface area contributed by atoms with Crippen molar-refractivity contribution >= 4 is 73.8 Å². The number of halogens is 7. The Labute approximate surface area is 540 Å². The van der Waals surface area contributed by atoms with Gasteiger partial charge in [0, 0.05) is 25.2 Å². The second kappa shape index (κ2) is 30.5. The maximum absolute atomic E-state index is 14.7. The summed E-state index contributed by atoms with van der Waals surface area (Å²) in [7, 11) is -5.44. The van der Waals surface area contributed by atoms with Crippen molar-refractivity contribution in [2.75, 3.05) is 38.8 Å². The maximum Gasteiger partial charge on any atom is 1.00 e. The van der Waals surface area contributed by atoms with Crippen LogP contribution >= 0.6 is 11.6 Å². The predicted molar refractivity (Wildman–Crippen MR) is 249 cm³/mol. The Balaban J connectivity index is 0.00000120. The van der Waals surface area contributed by atoms with Crippen LogP contribution in [0.2, 0.25) is 5.15 Å². The number of sulfonamides is 2. The molecule has 0 saturated carbocycles. The van der Waals surface area contributed by atoms with Gasteiger partial charge in [-0.2, -0.15) is 0 Å². The van der Waals surface area contributed by atoms with Gasteiger partial charge in [0.2, 0.25) is 37.8 Å². The quantitative estimate of drug-likeness (QED) is 0.0521. The van der Waals surface area contributed by atoms with Crippen LogP contribution in [0, 0.1) is 47.0 Å². The number of nitrogens with zero attached hydrogens (tertiary/aromatic N) is 8. The van der Waals surface area contributed by atoms with Crippen LogP contribution in [0.3, 0.4) is 0 Å². The second-order valence-corrected chi connectivity index (χ2v) is 19.0. The van der Waals surface area contributed by atoms with E-state index in [1.54, 1.807) is 13.8 Å². The van der Waals surface area contributed by atoms with E-state index in [4.69, 9.17) is 43.0 Å². The smallest absolute Gasteiger partial charge is 1.00 e. The topological polar surface area (TPSA) is 282 Å². The summed E-state index contributed by atoms with van der Waals surface area (Å²) < 4.78 is 143. The molecule has 4 aromatic rings. The fourth-order valence-corrected chi connectivity index (χ4v) is 9.00. The summed E-state index contributed by atoms with van der Waals surface area (Å²) in [5, 5.41) is 16.4. The van der Waals surface area contributed by atoms with Gasteiger partial charge in [-0.1, -0.05) is 23.4 Å². The number of benzene rings is 2. The monoisotopic (exact) mass is 1320 g/mol. The molecular formula is C43H43ClCs2F6N10O9S2. The van der Waals surface area contributed by atoms with Crippen molar-refractivity contribution in [3.63, 3.8) is 0 Å². The molecule has 5 N–H and O–H groups in total. The largest absolute Gasteiger partial charge is 1.00 e. The number of hydrogen-bond acceptors (Lipinski definition) is 17. The van der Waals surface area contributed by atoms with Gasteiger partial charge in [-0.3, -0.25) is 4.79 Å². The molecule has 0 bridgehead atoms. The predicted octanol–water partition coefficient (Wildman–Crippen LogP) is -2.33. The summed E-state index contributed by atoms with van der Waals surface area (Å²) in [5.74, 6) is 1.37. The number of aliphatic hydroxyl groups is 1. The molecule has 2 aliphatic heterocycles. The number of guanidine groups is 2. The van der Waals surface area contributed by atoms with Crippen LogP contribution in [0.4, 0.5) is 26.3 Å². The molecule has 73 heavy (non-hydrogen) atoms. The number of ether oxygens (including phenoxy) is 1. The molecule has 2 aliphatic rings. The third kappa shape index (κ3) is 19.1. The van der Waals surface area contributed by atoms with E-state index in [9.17, 15) is 43.2 Å². The van der Waals surface area contributed by atoms with Gasteiger partial charge in [-0.05, 0) is 75.2 Å². The van der Waals surface area contributed by atoms with Crippen molar-refractivity contribution < 1.29 is 207 Å². The first-order valence-corrected chi connectivity index (χ1v) is 23.2. The van der Waals surface area contributed by atoms with E-state index in [-0.39, 0.29) is 215 Å². The molecule has 19 nitrogen and oxygen atoms in total. The van der Waals surface area contributed by atoms with Crippen LogP contribution in [0.15, 0.2) is 59.0 Å². The van der Waals surface area contributed by atoms with Crippen molar-refractivity contribution in [3.05, 3.63) is 111 Å². The minimum absolute atomic E-state index is 0. The van der Waals surface area contributed by atoms with E-state index in [1.807, 2.05) is 0 Å². The SMILES string of the molecule is CC#CCO.CC#CCOc1cnc(/C(F)=C/c2cc(F)c(F)c([C@]3(C)CS(=O)(=O)N(C)C(N)=N3)c2)cn1.CN1C(N)=N[C@](C)(c2cc(/C=C(\F)c3cnc(Cl)cn3)cc(F)c2F)CS1(=O)=O.O=CO[O-].[Cs+].[Cs+].[H-]. The van der Waals surface area contributed by atoms with Crippen LogP contribution in [-0.2, 0) is 40.8 Å². The molecule has 0 fully saturated rings. The zero-order chi connectivity index (χ0) is 53.5. The molecule has 2 atom stereocenters. The van der Waals surface area contributed by atoms with Crippen LogP contribution in [0.5, 0.6) is 5.88 Å². The van der Waals surface area contributed by atoms with Crippen molar-refractivity contribution in [1.82, 2.24) is 28.5 Å². The molecule has 382 valence electrons. The summed E-state index contributed by atoms with van der Waals surface area (Å²) in [5.41, 5.74) is 6.64. The van der Waals surface area contributed by atoms with E-state index in [1.165, 1.54) is 34.1 Å². The zero-order valence-corrected chi connectivity index (χ0v) is 55.0. The molecule has 0 amide bonds. The fourth-order valence-electron chi connectivity index (χ4n) is 6.00. The third-order valence-corrected chi connectivity index (χ3v) is 13.6. The molecule has 2 aromatic carbocycles. The Morgan fingerprint density at radius 2 is 1.19 bits per heavy atom. The van der Waals surface area contributed by atoms with E-state index < -0.39 is 77.6 Å². The number of rotatable bonds is 9. The van der Waals surface area contributed by atoms with E-state index in [2.05, 4.69) is 58.5 Å².